The lowest BCUT2D eigenvalue weighted by Crippen LogP contribution is -2.37. The first-order valence-electron chi connectivity index (χ1n) is 7.15. The molecule has 0 saturated heterocycles. The van der Waals surface area contributed by atoms with Crippen LogP contribution in [-0.4, -0.2) is 42.1 Å². The Hall–Kier alpha value is -2.11. The second kappa shape index (κ2) is 8.36. The molecule has 0 unspecified atom stereocenters. The molecule has 1 amide bonds. The lowest BCUT2D eigenvalue weighted by atomic mass is 10.1. The molecule has 122 valence electrons. The Balaban J connectivity index is 2.76. The molecule has 1 aromatic carbocycles. The highest BCUT2D eigenvalue weighted by Gasteiger charge is 2.17. The van der Waals surface area contributed by atoms with Crippen molar-refractivity contribution in [2.45, 2.75) is 26.7 Å². The van der Waals surface area contributed by atoms with E-state index >= 15 is 0 Å². The first kappa shape index (κ1) is 17.9. The molecular formula is C16H22FNO4. The fourth-order valence-corrected chi connectivity index (χ4v) is 2.10. The predicted octanol–water partition coefficient (Wildman–Crippen LogP) is 2.34. The van der Waals surface area contributed by atoms with Gasteiger partial charge in [0.25, 0.3) is 0 Å². The topological polar surface area (TPSA) is 66.8 Å². The van der Waals surface area contributed by atoms with Gasteiger partial charge in [0.2, 0.25) is 5.91 Å². The van der Waals surface area contributed by atoms with Crippen molar-refractivity contribution in [3.05, 3.63) is 29.6 Å². The largest absolute Gasteiger partial charge is 0.494 e. The van der Waals surface area contributed by atoms with Crippen LogP contribution in [0.3, 0.4) is 0 Å². The summed E-state index contributed by atoms with van der Waals surface area (Å²) in [5.41, 5.74) is 0.535. The highest BCUT2D eigenvalue weighted by atomic mass is 19.1. The maximum atomic E-state index is 13.6. The lowest BCUT2D eigenvalue weighted by Gasteiger charge is -2.24. The lowest BCUT2D eigenvalue weighted by molar-refractivity contribution is -0.138. The normalized spacial score (nSPS) is 10.6. The SMILES string of the molecule is COc1ccc(CC(=O)N(CCC(=O)O)CC(C)C)cc1F. The van der Waals surface area contributed by atoms with Gasteiger partial charge in [0.05, 0.1) is 20.0 Å². The number of hydrogen-bond donors (Lipinski definition) is 1. The van der Waals surface area contributed by atoms with E-state index in [4.69, 9.17) is 9.84 Å². The van der Waals surface area contributed by atoms with Crippen LogP contribution in [0, 0.1) is 11.7 Å². The maximum Gasteiger partial charge on any atom is 0.305 e. The number of halogens is 1. The smallest absolute Gasteiger partial charge is 0.305 e. The molecule has 0 fully saturated rings. The van der Waals surface area contributed by atoms with Crippen LogP contribution in [0.15, 0.2) is 18.2 Å². The average Bonchev–Trinajstić information content (AvgIpc) is 2.43. The Morgan fingerprint density at radius 1 is 1.36 bits per heavy atom. The van der Waals surface area contributed by atoms with Crippen LogP contribution in [0.1, 0.15) is 25.8 Å². The van der Waals surface area contributed by atoms with Gasteiger partial charge in [0.15, 0.2) is 11.6 Å². The molecule has 0 aliphatic rings. The molecule has 0 saturated carbocycles. The summed E-state index contributed by atoms with van der Waals surface area (Å²) in [4.78, 5) is 24.5. The first-order valence-corrected chi connectivity index (χ1v) is 7.15. The summed E-state index contributed by atoms with van der Waals surface area (Å²) >= 11 is 0. The minimum atomic E-state index is -0.947. The number of carbonyl (C=O) groups is 2. The van der Waals surface area contributed by atoms with E-state index in [-0.39, 0.29) is 37.0 Å². The van der Waals surface area contributed by atoms with E-state index in [1.54, 1.807) is 6.07 Å². The standard InChI is InChI=1S/C16H22FNO4/c1-11(2)10-18(7-6-16(20)21)15(19)9-12-4-5-14(22-3)13(17)8-12/h4-5,8,11H,6-7,9-10H2,1-3H3,(H,20,21). The Kier molecular flexibility index (Phi) is 6.82. The Bertz CT molecular complexity index is 531. The molecule has 1 rings (SSSR count). The van der Waals surface area contributed by atoms with Gasteiger partial charge in [-0.15, -0.1) is 0 Å². The number of hydrogen-bond acceptors (Lipinski definition) is 3. The van der Waals surface area contributed by atoms with Crippen molar-refractivity contribution < 1.29 is 23.8 Å². The summed E-state index contributed by atoms with van der Waals surface area (Å²) in [5.74, 6) is -1.32. The number of ether oxygens (including phenoxy) is 1. The molecule has 0 spiro atoms. The number of carboxylic acid groups (broad SMARTS) is 1. The van der Waals surface area contributed by atoms with E-state index in [9.17, 15) is 14.0 Å². The number of amides is 1. The van der Waals surface area contributed by atoms with Crippen molar-refractivity contribution in [2.75, 3.05) is 20.2 Å². The molecule has 5 nitrogen and oxygen atoms in total. The van der Waals surface area contributed by atoms with Crippen LogP contribution >= 0.6 is 0 Å². The molecule has 0 aliphatic carbocycles. The molecule has 1 aromatic rings. The van der Waals surface area contributed by atoms with Crippen LogP contribution in [0.5, 0.6) is 5.75 Å². The van der Waals surface area contributed by atoms with Gasteiger partial charge in [-0.3, -0.25) is 9.59 Å². The third kappa shape index (κ3) is 5.71. The first-order chi connectivity index (χ1) is 10.3. The number of benzene rings is 1. The van der Waals surface area contributed by atoms with Gasteiger partial charge in [0.1, 0.15) is 0 Å². The predicted molar refractivity (Wildman–Crippen MR) is 80.3 cm³/mol. The van der Waals surface area contributed by atoms with E-state index < -0.39 is 11.8 Å². The van der Waals surface area contributed by atoms with Crippen LogP contribution in [0.25, 0.3) is 0 Å². The minimum absolute atomic E-state index is 0.0350. The van der Waals surface area contributed by atoms with Gasteiger partial charge in [0, 0.05) is 13.1 Å². The summed E-state index contributed by atoms with van der Waals surface area (Å²) in [6.07, 6.45) is -0.0668. The van der Waals surface area contributed by atoms with Crippen molar-refractivity contribution in [3.8, 4) is 5.75 Å². The number of carboxylic acids is 1. The van der Waals surface area contributed by atoms with Crippen LogP contribution in [0.4, 0.5) is 4.39 Å². The highest BCUT2D eigenvalue weighted by Crippen LogP contribution is 2.18. The number of methoxy groups -OCH3 is 1. The van der Waals surface area contributed by atoms with Crippen molar-refractivity contribution in [3.63, 3.8) is 0 Å². The molecule has 0 bridgehead atoms. The third-order valence-electron chi connectivity index (χ3n) is 3.11. The van der Waals surface area contributed by atoms with E-state index in [1.807, 2.05) is 13.8 Å². The summed E-state index contributed by atoms with van der Waals surface area (Å²) in [5, 5.41) is 8.76. The zero-order valence-electron chi connectivity index (χ0n) is 13.1. The van der Waals surface area contributed by atoms with Crippen LogP contribution < -0.4 is 4.74 Å². The molecule has 0 aromatic heterocycles. The second-order valence-electron chi connectivity index (χ2n) is 5.52. The average molecular weight is 311 g/mol. The molecule has 0 aliphatic heterocycles. The number of nitrogens with zero attached hydrogens (tertiary/aromatic N) is 1. The Morgan fingerprint density at radius 3 is 2.55 bits per heavy atom. The van der Waals surface area contributed by atoms with E-state index in [0.717, 1.165) is 0 Å². The number of aliphatic carboxylic acids is 1. The molecule has 0 heterocycles. The molecular weight excluding hydrogens is 289 g/mol. The summed E-state index contributed by atoms with van der Waals surface area (Å²) in [7, 11) is 1.37. The third-order valence-corrected chi connectivity index (χ3v) is 3.11. The monoisotopic (exact) mass is 311 g/mol. The molecule has 6 heteroatoms. The summed E-state index contributed by atoms with van der Waals surface area (Å²) < 4.78 is 18.5. The van der Waals surface area contributed by atoms with Crippen LogP contribution in [0.2, 0.25) is 0 Å². The fraction of sp³-hybridized carbons (Fsp3) is 0.500. The molecule has 22 heavy (non-hydrogen) atoms. The molecule has 0 radical (unpaired) electrons. The Labute approximate surface area is 129 Å². The maximum absolute atomic E-state index is 13.6. The Morgan fingerprint density at radius 2 is 2.05 bits per heavy atom. The van der Waals surface area contributed by atoms with Crippen LogP contribution in [-0.2, 0) is 16.0 Å². The molecule has 1 N–H and O–H groups in total. The zero-order valence-corrected chi connectivity index (χ0v) is 13.1. The van der Waals surface area contributed by atoms with Crippen molar-refractivity contribution >= 4 is 11.9 Å². The zero-order chi connectivity index (χ0) is 16.7. The number of carbonyl (C=O) groups excluding carboxylic acids is 1. The number of rotatable bonds is 8. The minimum Gasteiger partial charge on any atom is -0.494 e. The molecule has 0 atom stereocenters. The van der Waals surface area contributed by atoms with Gasteiger partial charge < -0.3 is 14.7 Å². The van der Waals surface area contributed by atoms with E-state index in [2.05, 4.69) is 0 Å². The van der Waals surface area contributed by atoms with Crippen molar-refractivity contribution in [2.24, 2.45) is 5.92 Å². The van der Waals surface area contributed by atoms with Gasteiger partial charge in [-0.05, 0) is 23.6 Å². The highest BCUT2D eigenvalue weighted by molar-refractivity contribution is 5.79. The van der Waals surface area contributed by atoms with Crippen molar-refractivity contribution in [1.82, 2.24) is 4.90 Å². The fourth-order valence-electron chi connectivity index (χ4n) is 2.10. The van der Waals surface area contributed by atoms with Gasteiger partial charge in [-0.25, -0.2) is 4.39 Å². The van der Waals surface area contributed by atoms with Gasteiger partial charge in [-0.2, -0.15) is 0 Å². The van der Waals surface area contributed by atoms with E-state index in [0.29, 0.717) is 12.1 Å². The van der Waals surface area contributed by atoms with Crippen molar-refractivity contribution in [1.29, 1.82) is 0 Å². The van der Waals surface area contributed by atoms with E-state index in [1.165, 1.54) is 24.1 Å². The summed E-state index contributed by atoms with van der Waals surface area (Å²) in [6.45, 7) is 4.54. The van der Waals surface area contributed by atoms with Gasteiger partial charge in [-0.1, -0.05) is 19.9 Å². The quantitative estimate of drug-likeness (QED) is 0.800. The second-order valence-corrected chi connectivity index (χ2v) is 5.52. The summed E-state index contributed by atoms with van der Waals surface area (Å²) in [6, 6.07) is 4.37. The van der Waals surface area contributed by atoms with Gasteiger partial charge >= 0.3 is 5.97 Å².